The molecule has 2 heterocycles. The molecule has 1 aromatic heterocycles. The van der Waals surface area contributed by atoms with E-state index in [1.54, 1.807) is 32.2 Å². The Morgan fingerprint density at radius 1 is 1.24 bits per heavy atom. The molecule has 3 fully saturated rings. The molecule has 1 aliphatic heterocycles. The maximum atomic E-state index is 13.0. The van der Waals surface area contributed by atoms with Crippen LogP contribution < -0.4 is 5.43 Å². The Labute approximate surface area is 225 Å². The molecule has 1 amide bonds. The minimum absolute atomic E-state index is 0.0149. The Bertz CT molecular complexity index is 1190. The molecule has 37 heavy (non-hydrogen) atoms. The molecule has 2 bridgehead atoms. The summed E-state index contributed by atoms with van der Waals surface area (Å²) in [5, 5.41) is 9.32. The smallest absolute Gasteiger partial charge is 0.355 e. The van der Waals surface area contributed by atoms with Gasteiger partial charge >= 0.3 is 5.97 Å². The zero-order valence-electron chi connectivity index (χ0n) is 20.8. The number of halogens is 2. The molecule has 0 spiro atoms. The fourth-order valence-electron chi connectivity index (χ4n) is 5.41. The van der Waals surface area contributed by atoms with Gasteiger partial charge in [0.15, 0.2) is 5.71 Å². The van der Waals surface area contributed by atoms with Crippen molar-refractivity contribution in [2.75, 3.05) is 20.2 Å². The van der Waals surface area contributed by atoms with Gasteiger partial charge in [-0.3, -0.25) is 4.79 Å². The SMILES string of the molecule is CCOC(=O)/C(CC(=O)N1C[C@@H]2C[C@H]1C[C@H]2OCc1c(-c2c(Cl)cccc2Cl)noc1C1CC1)=N\NC. The normalized spacial score (nSPS) is 23.0. The number of hydrazone groups is 1. The fourth-order valence-corrected chi connectivity index (χ4v) is 5.98. The number of nitrogens with zero attached hydrogens (tertiary/aromatic N) is 3. The van der Waals surface area contributed by atoms with E-state index in [0.717, 1.165) is 37.0 Å². The van der Waals surface area contributed by atoms with E-state index in [4.69, 9.17) is 37.2 Å². The number of hydrogen-bond donors (Lipinski definition) is 1. The van der Waals surface area contributed by atoms with Crippen LogP contribution in [0.5, 0.6) is 0 Å². The average molecular weight is 549 g/mol. The Hall–Kier alpha value is -2.62. The third kappa shape index (κ3) is 5.35. The van der Waals surface area contributed by atoms with E-state index in [1.807, 2.05) is 4.90 Å². The average Bonchev–Trinajstić information content (AvgIpc) is 3.32. The van der Waals surface area contributed by atoms with Crippen molar-refractivity contribution in [3.8, 4) is 11.3 Å². The van der Waals surface area contributed by atoms with Gasteiger partial charge in [0.05, 0.1) is 35.8 Å². The minimum atomic E-state index is -0.578. The third-order valence-corrected chi connectivity index (χ3v) is 7.91. The summed E-state index contributed by atoms with van der Waals surface area (Å²) in [4.78, 5) is 27.0. The van der Waals surface area contributed by atoms with E-state index >= 15 is 0 Å². The van der Waals surface area contributed by atoms with Crippen molar-refractivity contribution >= 4 is 40.8 Å². The summed E-state index contributed by atoms with van der Waals surface area (Å²) in [5.41, 5.74) is 4.85. The van der Waals surface area contributed by atoms with Gasteiger partial charge < -0.3 is 24.3 Å². The number of carbonyl (C=O) groups excluding carboxylic acids is 2. The maximum absolute atomic E-state index is 13.0. The molecule has 9 nitrogen and oxygen atoms in total. The van der Waals surface area contributed by atoms with Crippen molar-refractivity contribution in [3.05, 3.63) is 39.6 Å². The Morgan fingerprint density at radius 3 is 2.62 bits per heavy atom. The molecule has 0 unspecified atom stereocenters. The van der Waals surface area contributed by atoms with Crippen molar-refractivity contribution < 1.29 is 23.6 Å². The number of likely N-dealkylation sites (tertiary alicyclic amines) is 1. The lowest BCUT2D eigenvalue weighted by molar-refractivity contribution is -0.137. The zero-order valence-corrected chi connectivity index (χ0v) is 22.3. The van der Waals surface area contributed by atoms with Crippen LogP contribution in [0, 0.1) is 5.92 Å². The summed E-state index contributed by atoms with van der Waals surface area (Å²) >= 11 is 12.9. The second kappa shape index (κ2) is 11.0. The number of benzene rings is 1. The second-order valence-electron chi connectivity index (χ2n) is 9.71. The highest BCUT2D eigenvalue weighted by molar-refractivity contribution is 6.40. The van der Waals surface area contributed by atoms with E-state index in [9.17, 15) is 9.59 Å². The first-order valence-corrected chi connectivity index (χ1v) is 13.4. The maximum Gasteiger partial charge on any atom is 0.355 e. The standard InChI is InChI=1S/C26H30Cl2N4O5/c1-3-35-26(34)20(30-29-2)11-22(33)32-12-15-9-16(32)10-21(15)36-13-17-24(31-37-25(17)14-7-8-14)23-18(27)5-4-6-19(23)28/h4-6,14-16,21,29H,3,7-13H2,1-2H3/b30-20-/t15-,16-,21+/m0/s1. The van der Waals surface area contributed by atoms with Gasteiger partial charge in [-0.25, -0.2) is 4.79 Å². The lowest BCUT2D eigenvalue weighted by Gasteiger charge is -2.31. The number of amides is 1. The van der Waals surface area contributed by atoms with Crippen LogP contribution in [0.15, 0.2) is 27.8 Å². The molecule has 3 atom stereocenters. The second-order valence-corrected chi connectivity index (χ2v) is 10.5. The first kappa shape index (κ1) is 26.0. The van der Waals surface area contributed by atoms with Crippen LogP contribution in [-0.2, 0) is 25.7 Å². The van der Waals surface area contributed by atoms with Crippen LogP contribution in [0.1, 0.15) is 56.3 Å². The molecule has 1 N–H and O–H groups in total. The van der Waals surface area contributed by atoms with Crippen LogP contribution in [-0.4, -0.2) is 60.0 Å². The molecule has 198 valence electrons. The van der Waals surface area contributed by atoms with Crippen molar-refractivity contribution in [2.45, 2.75) is 63.7 Å². The molecular formula is C26H30Cl2N4O5. The van der Waals surface area contributed by atoms with Gasteiger partial charge in [-0.15, -0.1) is 0 Å². The van der Waals surface area contributed by atoms with Crippen molar-refractivity contribution in [1.82, 2.24) is 15.5 Å². The van der Waals surface area contributed by atoms with Gasteiger partial charge in [0, 0.05) is 42.6 Å². The molecule has 5 rings (SSSR count). The highest BCUT2D eigenvalue weighted by atomic mass is 35.5. The van der Waals surface area contributed by atoms with Gasteiger partial charge in [-0.2, -0.15) is 5.10 Å². The van der Waals surface area contributed by atoms with E-state index in [-0.39, 0.29) is 42.7 Å². The summed E-state index contributed by atoms with van der Waals surface area (Å²) in [5.74, 6) is 0.713. The Morgan fingerprint density at radius 2 is 2.00 bits per heavy atom. The molecule has 11 heteroatoms. The number of rotatable bonds is 10. The summed E-state index contributed by atoms with van der Waals surface area (Å²) in [6.45, 7) is 2.87. The first-order valence-electron chi connectivity index (χ1n) is 12.7. The number of hydrogen-bond acceptors (Lipinski definition) is 8. The van der Waals surface area contributed by atoms with Crippen LogP contribution in [0.4, 0.5) is 0 Å². The summed E-state index contributed by atoms with van der Waals surface area (Å²) in [6, 6.07) is 5.45. The first-order chi connectivity index (χ1) is 17.9. The molecule has 2 aliphatic carbocycles. The lowest BCUT2D eigenvalue weighted by atomic mass is 10.0. The van der Waals surface area contributed by atoms with Gasteiger partial charge in [0.1, 0.15) is 11.5 Å². The van der Waals surface area contributed by atoms with E-state index in [2.05, 4.69) is 15.7 Å². The molecule has 0 radical (unpaired) electrons. The number of nitrogens with one attached hydrogen (secondary N) is 1. The molecule has 2 aromatic rings. The van der Waals surface area contributed by atoms with Crippen molar-refractivity contribution in [3.63, 3.8) is 0 Å². The highest BCUT2D eigenvalue weighted by Gasteiger charge is 2.47. The zero-order chi connectivity index (χ0) is 26.1. The Kier molecular flexibility index (Phi) is 7.74. The quantitative estimate of drug-likeness (QED) is 0.263. The van der Waals surface area contributed by atoms with Crippen LogP contribution in [0.3, 0.4) is 0 Å². The Balaban J connectivity index is 1.24. The summed E-state index contributed by atoms with van der Waals surface area (Å²) < 4.78 is 17.2. The monoisotopic (exact) mass is 548 g/mol. The van der Waals surface area contributed by atoms with Gasteiger partial charge in [-0.05, 0) is 44.7 Å². The van der Waals surface area contributed by atoms with Crippen LogP contribution in [0.2, 0.25) is 10.0 Å². The predicted octanol–water partition coefficient (Wildman–Crippen LogP) is 4.56. The fraction of sp³-hybridized carbons (Fsp3) is 0.538. The molecular weight excluding hydrogens is 519 g/mol. The number of esters is 1. The minimum Gasteiger partial charge on any atom is -0.461 e. The molecule has 1 saturated heterocycles. The number of aromatic nitrogens is 1. The number of carbonyl (C=O) groups is 2. The summed E-state index contributed by atoms with van der Waals surface area (Å²) in [7, 11) is 1.58. The predicted molar refractivity (Wildman–Crippen MR) is 138 cm³/mol. The van der Waals surface area contributed by atoms with Gasteiger partial charge in [0.25, 0.3) is 0 Å². The van der Waals surface area contributed by atoms with Crippen LogP contribution in [0.25, 0.3) is 11.3 Å². The number of fused-ring (bicyclic) bond motifs is 2. The van der Waals surface area contributed by atoms with Gasteiger partial charge in [-0.1, -0.05) is 34.4 Å². The van der Waals surface area contributed by atoms with E-state index in [1.165, 1.54) is 0 Å². The molecule has 1 aromatic carbocycles. The van der Waals surface area contributed by atoms with E-state index in [0.29, 0.717) is 40.4 Å². The number of piperidine rings is 1. The van der Waals surface area contributed by atoms with Crippen LogP contribution >= 0.6 is 23.2 Å². The molecule has 2 saturated carbocycles. The highest BCUT2D eigenvalue weighted by Crippen LogP contribution is 2.47. The molecule has 3 aliphatic rings. The largest absolute Gasteiger partial charge is 0.461 e. The third-order valence-electron chi connectivity index (χ3n) is 7.28. The lowest BCUT2D eigenvalue weighted by Crippen LogP contribution is -2.43. The van der Waals surface area contributed by atoms with E-state index < -0.39 is 5.97 Å². The van der Waals surface area contributed by atoms with Crippen molar-refractivity contribution in [2.24, 2.45) is 11.0 Å². The topological polar surface area (TPSA) is 106 Å². The van der Waals surface area contributed by atoms with Crippen molar-refractivity contribution in [1.29, 1.82) is 0 Å². The van der Waals surface area contributed by atoms with Gasteiger partial charge in [0.2, 0.25) is 5.91 Å². The number of ether oxygens (including phenoxy) is 2. The summed E-state index contributed by atoms with van der Waals surface area (Å²) in [6.07, 6.45) is 3.65.